The first-order valence-corrected chi connectivity index (χ1v) is 5.85. The van der Waals surface area contributed by atoms with E-state index in [1.807, 2.05) is 54.6 Å². The van der Waals surface area contributed by atoms with Crippen molar-refractivity contribution in [2.75, 3.05) is 5.32 Å². The van der Waals surface area contributed by atoms with Crippen molar-refractivity contribution in [2.45, 2.75) is 6.42 Å². The molecule has 0 bridgehead atoms. The lowest BCUT2D eigenvalue weighted by atomic mass is 10.1. The van der Waals surface area contributed by atoms with Gasteiger partial charge in [0.1, 0.15) is 0 Å². The first-order chi connectivity index (χ1) is 8.25. The molecule has 86 valence electrons. The van der Waals surface area contributed by atoms with Crippen LogP contribution in [0.2, 0.25) is 0 Å². The molecule has 0 aliphatic heterocycles. The largest absolute Gasteiger partial charge is 0.393 e. The molecule has 3 N–H and O–H groups in total. The number of para-hydroxylation sites is 2. The van der Waals surface area contributed by atoms with Crippen molar-refractivity contribution in [3.63, 3.8) is 0 Å². The molecule has 3 heteroatoms. The maximum Gasteiger partial charge on any atom is 0.0772 e. The Morgan fingerprint density at radius 2 is 1.65 bits per heavy atom. The number of rotatable bonds is 4. The average molecular weight is 242 g/mol. The molecule has 0 aliphatic rings. The van der Waals surface area contributed by atoms with Crippen LogP contribution in [0.25, 0.3) is 0 Å². The molecule has 2 nitrogen and oxygen atoms in total. The van der Waals surface area contributed by atoms with E-state index in [2.05, 4.69) is 5.32 Å². The zero-order valence-corrected chi connectivity index (χ0v) is 10.2. The van der Waals surface area contributed by atoms with Crippen molar-refractivity contribution in [1.82, 2.24) is 0 Å². The maximum absolute atomic E-state index is 5.59. The van der Waals surface area contributed by atoms with Gasteiger partial charge in [-0.1, -0.05) is 48.6 Å². The van der Waals surface area contributed by atoms with Crippen molar-refractivity contribution in [1.29, 1.82) is 0 Å². The number of hydrogen-bond acceptors (Lipinski definition) is 2. The van der Waals surface area contributed by atoms with E-state index in [1.54, 1.807) is 0 Å². The smallest absolute Gasteiger partial charge is 0.0772 e. The highest BCUT2D eigenvalue weighted by molar-refractivity contribution is 7.80. The quantitative estimate of drug-likeness (QED) is 0.808. The van der Waals surface area contributed by atoms with Gasteiger partial charge in [-0.3, -0.25) is 0 Å². The molecule has 0 fully saturated rings. The minimum atomic E-state index is 0.507. The SMILES string of the molecule is NC(=S)Cc1ccccc1Nc1ccccc1. The average Bonchev–Trinajstić information content (AvgIpc) is 2.32. The van der Waals surface area contributed by atoms with Crippen molar-refractivity contribution < 1.29 is 0 Å². The normalized spacial score (nSPS) is 9.88. The number of nitrogens with two attached hydrogens (primary N) is 1. The van der Waals surface area contributed by atoms with E-state index in [4.69, 9.17) is 18.0 Å². The first kappa shape index (κ1) is 11.6. The van der Waals surface area contributed by atoms with Gasteiger partial charge in [0.05, 0.1) is 4.99 Å². The van der Waals surface area contributed by atoms with E-state index in [0.717, 1.165) is 16.9 Å². The molecule has 0 heterocycles. The molecule has 0 aromatic heterocycles. The van der Waals surface area contributed by atoms with Crippen LogP contribution < -0.4 is 11.1 Å². The Hall–Kier alpha value is -1.87. The topological polar surface area (TPSA) is 38.0 Å². The lowest BCUT2D eigenvalue weighted by Gasteiger charge is -2.11. The highest BCUT2D eigenvalue weighted by atomic mass is 32.1. The molecular formula is C14H14N2S. The summed E-state index contributed by atoms with van der Waals surface area (Å²) >= 11 is 4.95. The van der Waals surface area contributed by atoms with Gasteiger partial charge in [0.15, 0.2) is 0 Å². The summed E-state index contributed by atoms with van der Waals surface area (Å²) in [6.07, 6.45) is 0.616. The summed E-state index contributed by atoms with van der Waals surface area (Å²) in [6, 6.07) is 18.1. The second kappa shape index (κ2) is 5.46. The molecule has 0 radical (unpaired) electrons. The lowest BCUT2D eigenvalue weighted by Crippen LogP contribution is -2.12. The number of benzene rings is 2. The van der Waals surface area contributed by atoms with Crippen molar-refractivity contribution >= 4 is 28.6 Å². The van der Waals surface area contributed by atoms with Crippen LogP contribution in [0.4, 0.5) is 11.4 Å². The zero-order chi connectivity index (χ0) is 12.1. The molecule has 2 aromatic rings. The fourth-order valence-electron chi connectivity index (χ4n) is 1.66. The highest BCUT2D eigenvalue weighted by Crippen LogP contribution is 2.20. The molecule has 0 saturated carbocycles. The van der Waals surface area contributed by atoms with Gasteiger partial charge in [0.25, 0.3) is 0 Å². The van der Waals surface area contributed by atoms with E-state index in [-0.39, 0.29) is 0 Å². The molecule has 0 aliphatic carbocycles. The standard InChI is InChI=1S/C14H14N2S/c15-14(17)10-11-6-4-5-9-13(11)16-12-7-2-1-3-8-12/h1-9,16H,10H2,(H2,15,17). The third kappa shape index (κ3) is 3.29. The molecule has 0 saturated heterocycles. The summed E-state index contributed by atoms with van der Waals surface area (Å²) < 4.78 is 0. The minimum Gasteiger partial charge on any atom is -0.393 e. The molecule has 17 heavy (non-hydrogen) atoms. The number of hydrogen-bond donors (Lipinski definition) is 2. The summed E-state index contributed by atoms with van der Waals surface area (Å²) in [6.45, 7) is 0. The lowest BCUT2D eigenvalue weighted by molar-refractivity contribution is 1.32. The second-order valence-electron chi connectivity index (χ2n) is 3.79. The summed E-state index contributed by atoms with van der Waals surface area (Å²) in [4.78, 5) is 0.507. The van der Waals surface area contributed by atoms with Crippen LogP contribution in [0.5, 0.6) is 0 Å². The van der Waals surface area contributed by atoms with Crippen molar-refractivity contribution in [3.8, 4) is 0 Å². The summed E-state index contributed by atoms with van der Waals surface area (Å²) in [5.74, 6) is 0. The summed E-state index contributed by atoms with van der Waals surface area (Å²) in [5.41, 5.74) is 8.81. The van der Waals surface area contributed by atoms with Gasteiger partial charge in [-0.2, -0.15) is 0 Å². The van der Waals surface area contributed by atoms with E-state index >= 15 is 0 Å². The number of thiocarbonyl (C=S) groups is 1. The van der Waals surface area contributed by atoms with Crippen LogP contribution >= 0.6 is 12.2 Å². The van der Waals surface area contributed by atoms with Gasteiger partial charge >= 0.3 is 0 Å². The molecule has 0 unspecified atom stereocenters. The van der Waals surface area contributed by atoms with E-state index in [1.165, 1.54) is 0 Å². The monoisotopic (exact) mass is 242 g/mol. The number of nitrogens with one attached hydrogen (secondary N) is 1. The van der Waals surface area contributed by atoms with Gasteiger partial charge in [0.2, 0.25) is 0 Å². The van der Waals surface area contributed by atoms with Crippen molar-refractivity contribution in [3.05, 3.63) is 60.2 Å². The van der Waals surface area contributed by atoms with E-state index in [0.29, 0.717) is 11.4 Å². The molecule has 0 amide bonds. The van der Waals surface area contributed by atoms with Gasteiger partial charge in [-0.25, -0.2) is 0 Å². The third-order valence-corrected chi connectivity index (χ3v) is 2.58. The Kier molecular flexibility index (Phi) is 3.73. The Morgan fingerprint density at radius 1 is 1.00 bits per heavy atom. The van der Waals surface area contributed by atoms with Gasteiger partial charge in [0, 0.05) is 17.8 Å². The molecule has 2 rings (SSSR count). The number of anilines is 2. The van der Waals surface area contributed by atoms with Crippen LogP contribution in [0, 0.1) is 0 Å². The second-order valence-corrected chi connectivity index (χ2v) is 4.32. The molecule has 2 aromatic carbocycles. The van der Waals surface area contributed by atoms with Crippen LogP contribution in [0.3, 0.4) is 0 Å². The minimum absolute atomic E-state index is 0.507. The van der Waals surface area contributed by atoms with E-state index in [9.17, 15) is 0 Å². The highest BCUT2D eigenvalue weighted by Gasteiger charge is 2.02. The Labute approximate surface area is 106 Å². The van der Waals surface area contributed by atoms with Crippen LogP contribution in [-0.4, -0.2) is 4.99 Å². The van der Waals surface area contributed by atoms with E-state index < -0.39 is 0 Å². The Balaban J connectivity index is 2.23. The fraction of sp³-hybridized carbons (Fsp3) is 0.0714. The Bertz CT molecular complexity index is 509. The molecule has 0 spiro atoms. The predicted octanol–water partition coefficient (Wildman–Crippen LogP) is 3.26. The predicted molar refractivity (Wildman–Crippen MR) is 76.7 cm³/mol. The fourth-order valence-corrected chi connectivity index (χ4v) is 1.82. The van der Waals surface area contributed by atoms with Crippen LogP contribution in [0.15, 0.2) is 54.6 Å². The van der Waals surface area contributed by atoms with Crippen LogP contribution in [0.1, 0.15) is 5.56 Å². The summed E-state index contributed by atoms with van der Waals surface area (Å²) in [5, 5.41) is 3.36. The molecule has 0 atom stereocenters. The zero-order valence-electron chi connectivity index (χ0n) is 9.39. The third-order valence-electron chi connectivity index (χ3n) is 2.43. The van der Waals surface area contributed by atoms with Gasteiger partial charge < -0.3 is 11.1 Å². The molecular weight excluding hydrogens is 228 g/mol. The Morgan fingerprint density at radius 3 is 2.35 bits per heavy atom. The van der Waals surface area contributed by atoms with Crippen molar-refractivity contribution in [2.24, 2.45) is 5.73 Å². The van der Waals surface area contributed by atoms with Gasteiger partial charge in [-0.15, -0.1) is 0 Å². The first-order valence-electron chi connectivity index (χ1n) is 5.44. The maximum atomic E-state index is 5.59. The summed E-state index contributed by atoms with van der Waals surface area (Å²) in [7, 11) is 0. The van der Waals surface area contributed by atoms with Crippen LogP contribution in [-0.2, 0) is 6.42 Å². The van der Waals surface area contributed by atoms with Gasteiger partial charge in [-0.05, 0) is 23.8 Å².